The van der Waals surface area contributed by atoms with Gasteiger partial charge in [0.1, 0.15) is 0 Å². The molecule has 53 heavy (non-hydrogen) atoms. The van der Waals surface area contributed by atoms with Gasteiger partial charge in [-0.3, -0.25) is 0 Å². The Hall–Kier alpha value is -5.05. The number of allylic oxidation sites excluding steroid dienone is 8. The average molecular weight is 751 g/mol. The minimum atomic E-state index is -5.12. The van der Waals surface area contributed by atoms with Crippen LogP contribution < -0.4 is 17.5 Å². The Morgan fingerprint density at radius 3 is 1.23 bits per heavy atom. The van der Waals surface area contributed by atoms with Crippen LogP contribution in [0.15, 0.2) is 145 Å². The van der Waals surface area contributed by atoms with Crippen LogP contribution in [0, 0.1) is 37.1 Å². The molecule has 0 fully saturated rings. The molecule has 0 amide bonds. The molecule has 0 atom stereocenters. The molecule has 0 saturated carbocycles. The van der Waals surface area contributed by atoms with Crippen LogP contribution in [-0.2, 0) is 26.1 Å². The van der Waals surface area contributed by atoms with Gasteiger partial charge in [-0.1, -0.05) is 0 Å². The standard InChI is InChI=1S/2C17H14F2NO.2C5H5.Ti/c2*1-12-2-5-14(6-3-12)20(11-15-8-9-21-15)17-7-4-13(18)10-16(17)19;2*1-2-4-5-3-1;/h2*2-8H,9,11H2,1H3;2*1-5H;. The number of hydrogen-bond acceptors (Lipinski definition) is 4. The molecule has 268 valence electrons. The summed E-state index contributed by atoms with van der Waals surface area (Å²) in [6, 6.07) is 20.5. The molecule has 2 aliphatic heterocycles. The number of halogens is 4. The van der Waals surface area contributed by atoms with Gasteiger partial charge in [0, 0.05) is 0 Å². The van der Waals surface area contributed by atoms with E-state index in [1.54, 1.807) is 34.1 Å². The van der Waals surface area contributed by atoms with Gasteiger partial charge in [0.15, 0.2) is 0 Å². The summed E-state index contributed by atoms with van der Waals surface area (Å²) in [5, 5.41) is 0. The predicted octanol–water partition coefficient (Wildman–Crippen LogP) is 9.90. The summed E-state index contributed by atoms with van der Waals surface area (Å²) in [5.74, 6) is -2.02. The topological polar surface area (TPSA) is 24.9 Å². The van der Waals surface area contributed by atoms with E-state index >= 15 is 17.6 Å². The van der Waals surface area contributed by atoms with Crippen molar-refractivity contribution in [3.63, 3.8) is 0 Å². The molecule has 9 heteroatoms. The molecule has 0 N–H and O–H groups in total. The van der Waals surface area contributed by atoms with Gasteiger partial charge < -0.3 is 0 Å². The zero-order chi connectivity index (χ0) is 36.7. The van der Waals surface area contributed by atoms with Crippen molar-refractivity contribution in [1.82, 2.24) is 0 Å². The number of nitrogens with zero attached hydrogens (tertiary/aromatic N) is 2. The molecule has 0 bridgehead atoms. The summed E-state index contributed by atoms with van der Waals surface area (Å²) in [6.45, 7) is 5.21. The number of anilines is 4. The normalized spacial score (nSPS) is 16.2. The van der Waals surface area contributed by atoms with Crippen molar-refractivity contribution >= 4 is 30.5 Å². The number of rotatable bonds is 12. The summed E-state index contributed by atoms with van der Waals surface area (Å²) < 4.78 is 79.5. The molecule has 4 nitrogen and oxygen atoms in total. The maximum absolute atomic E-state index is 18.0. The van der Waals surface area contributed by atoms with Crippen LogP contribution in [-0.4, -0.2) is 26.3 Å². The first kappa shape index (κ1) is 35.0. The predicted molar refractivity (Wildman–Crippen MR) is 200 cm³/mol. The number of benzene rings is 4. The van der Waals surface area contributed by atoms with E-state index in [2.05, 4.69) is 0 Å². The van der Waals surface area contributed by atoms with Gasteiger partial charge in [-0.2, -0.15) is 0 Å². The monoisotopic (exact) mass is 750 g/mol. The molecule has 2 aliphatic carbocycles. The molecule has 0 saturated heterocycles. The fourth-order valence-electron chi connectivity index (χ4n) is 7.76. The van der Waals surface area contributed by atoms with Gasteiger partial charge in [0.25, 0.3) is 0 Å². The zero-order valence-electron chi connectivity index (χ0n) is 29.4. The summed E-state index contributed by atoms with van der Waals surface area (Å²) >= 11 is -5.12. The van der Waals surface area contributed by atoms with Crippen molar-refractivity contribution in [3.8, 4) is 0 Å². The second-order valence-corrected chi connectivity index (χ2v) is 20.1. The summed E-state index contributed by atoms with van der Waals surface area (Å²) in [6.07, 6.45) is 18.4. The van der Waals surface area contributed by atoms with E-state index in [4.69, 9.17) is 9.47 Å². The van der Waals surface area contributed by atoms with Gasteiger partial charge in [0.2, 0.25) is 0 Å². The Morgan fingerprint density at radius 1 is 0.547 bits per heavy atom. The van der Waals surface area contributed by atoms with E-state index in [0.29, 0.717) is 36.1 Å². The van der Waals surface area contributed by atoms with Crippen LogP contribution >= 0.6 is 0 Å². The molecule has 4 aromatic rings. The summed E-state index contributed by atoms with van der Waals surface area (Å²) in [5.41, 5.74) is 3.58. The Labute approximate surface area is 310 Å². The van der Waals surface area contributed by atoms with Crippen molar-refractivity contribution in [2.24, 2.45) is 0 Å². The van der Waals surface area contributed by atoms with Gasteiger partial charge in [-0.25, -0.2) is 0 Å². The Morgan fingerprint density at radius 2 is 0.906 bits per heavy atom. The van der Waals surface area contributed by atoms with Gasteiger partial charge in [-0.05, 0) is 0 Å². The zero-order valence-corrected chi connectivity index (χ0v) is 31.0. The molecular formula is C44H38F4N2O2Ti. The van der Waals surface area contributed by atoms with Gasteiger partial charge in [0.05, 0.1) is 0 Å². The van der Waals surface area contributed by atoms with Crippen LogP contribution in [0.25, 0.3) is 0 Å². The molecule has 0 spiro atoms. The molecular weight excluding hydrogens is 712 g/mol. The van der Waals surface area contributed by atoms with E-state index in [9.17, 15) is 0 Å². The van der Waals surface area contributed by atoms with Gasteiger partial charge >= 0.3 is 312 Å². The quantitative estimate of drug-likeness (QED) is 0.106. The second kappa shape index (κ2) is 14.4. The van der Waals surface area contributed by atoms with E-state index in [1.165, 1.54) is 24.3 Å². The SMILES string of the molecule is Cc1ccc(N(CC2=CCO2)c2ccc(F)[c]([Ti]([c]3c(F)ccc(N(CC4=CCO4)c4ccc(C)cc4)c3F)([CH]3C=CC=C3)[CH]3C=CC=C3)c2F)cc1. The molecule has 0 aromatic heterocycles. The van der Waals surface area contributed by atoms with Crippen LogP contribution in [0.2, 0.25) is 8.45 Å². The van der Waals surface area contributed by atoms with Crippen molar-refractivity contribution in [2.75, 3.05) is 36.1 Å². The molecule has 4 aliphatic rings. The molecule has 2 heterocycles. The van der Waals surface area contributed by atoms with Gasteiger partial charge in [-0.15, -0.1) is 0 Å². The first-order chi connectivity index (χ1) is 25.8. The Kier molecular flexibility index (Phi) is 9.52. The van der Waals surface area contributed by atoms with Crippen LogP contribution in [0.4, 0.5) is 40.3 Å². The summed E-state index contributed by atoms with van der Waals surface area (Å²) in [4.78, 5) is 3.48. The third-order valence-electron chi connectivity index (χ3n) is 10.6. The number of aryl methyl sites for hydroxylation is 2. The van der Waals surface area contributed by atoms with E-state index in [-0.39, 0.29) is 32.2 Å². The van der Waals surface area contributed by atoms with Crippen molar-refractivity contribution < 1.29 is 43.6 Å². The van der Waals surface area contributed by atoms with Crippen LogP contribution in [0.3, 0.4) is 0 Å². The Balaban J connectivity index is 1.40. The maximum atomic E-state index is 18.0. The third kappa shape index (κ3) is 6.28. The minimum absolute atomic E-state index is 0.0980. The van der Waals surface area contributed by atoms with Crippen LogP contribution in [0.5, 0.6) is 0 Å². The molecule has 0 unspecified atom stereocenters. The van der Waals surface area contributed by atoms with E-state index < -0.39 is 48.3 Å². The van der Waals surface area contributed by atoms with E-state index in [1.807, 2.05) is 98.8 Å². The number of ether oxygens (including phenoxy) is 2. The van der Waals surface area contributed by atoms with Crippen molar-refractivity contribution in [3.05, 3.63) is 179 Å². The van der Waals surface area contributed by atoms with Crippen LogP contribution in [0.1, 0.15) is 11.1 Å². The number of hydrogen-bond donors (Lipinski definition) is 0. The van der Waals surface area contributed by atoms with Crippen molar-refractivity contribution in [2.45, 2.75) is 22.3 Å². The summed E-state index contributed by atoms with van der Waals surface area (Å²) in [7, 11) is 0. The first-order valence-electron chi connectivity index (χ1n) is 17.7. The second-order valence-electron chi connectivity index (χ2n) is 13.8. The molecule has 0 radical (unpaired) electrons. The third-order valence-corrected chi connectivity index (χ3v) is 19.1. The Bertz CT molecular complexity index is 2060. The first-order valence-corrected chi connectivity index (χ1v) is 21.1. The average Bonchev–Trinajstić information content (AvgIpc) is 3.85. The molecule has 4 aromatic carbocycles. The fourth-order valence-corrected chi connectivity index (χ4v) is 16.5. The molecule has 8 rings (SSSR count). The fraction of sp³-hybridized carbons (Fsp3) is 0.182. The van der Waals surface area contributed by atoms with Crippen molar-refractivity contribution in [1.29, 1.82) is 0 Å². The van der Waals surface area contributed by atoms with E-state index in [0.717, 1.165) is 11.1 Å².